The van der Waals surface area contributed by atoms with Crippen molar-refractivity contribution in [3.63, 3.8) is 0 Å². The molecule has 0 amide bonds. The minimum atomic E-state index is -0.783. The van der Waals surface area contributed by atoms with E-state index >= 15 is 0 Å². The van der Waals surface area contributed by atoms with Gasteiger partial charge < -0.3 is 9.31 Å². The van der Waals surface area contributed by atoms with E-state index in [4.69, 9.17) is 9.31 Å². The third-order valence-electron chi connectivity index (χ3n) is 5.32. The molecule has 1 fully saturated rings. The Morgan fingerprint density at radius 1 is 0.833 bits per heavy atom. The van der Waals surface area contributed by atoms with Crippen LogP contribution in [0.5, 0.6) is 0 Å². The molecular formula is C20H26BO2Si. The summed E-state index contributed by atoms with van der Waals surface area (Å²) in [5.41, 5.74) is 0.800. The minimum absolute atomic E-state index is 0.179. The van der Waals surface area contributed by atoms with Gasteiger partial charge in [0.1, 0.15) is 8.80 Å². The summed E-state index contributed by atoms with van der Waals surface area (Å²) < 4.78 is 12.4. The van der Waals surface area contributed by atoms with Crippen LogP contribution in [0.3, 0.4) is 0 Å². The van der Waals surface area contributed by atoms with Gasteiger partial charge in [-0.3, -0.25) is 0 Å². The summed E-state index contributed by atoms with van der Waals surface area (Å²) >= 11 is 0. The topological polar surface area (TPSA) is 18.5 Å². The van der Waals surface area contributed by atoms with Crippen molar-refractivity contribution >= 4 is 26.3 Å². The summed E-state index contributed by atoms with van der Waals surface area (Å²) in [6.45, 7) is 10.8. The fourth-order valence-electron chi connectivity index (χ4n) is 3.14. The molecule has 0 bridgehead atoms. The van der Waals surface area contributed by atoms with Gasteiger partial charge in [0.15, 0.2) is 0 Å². The Morgan fingerprint density at radius 3 is 2.00 bits per heavy atom. The van der Waals surface area contributed by atoms with E-state index in [9.17, 15) is 0 Å². The third kappa shape index (κ3) is 3.37. The van der Waals surface area contributed by atoms with Gasteiger partial charge in [-0.05, 0) is 27.7 Å². The van der Waals surface area contributed by atoms with Crippen molar-refractivity contribution in [2.24, 2.45) is 0 Å². The number of benzene rings is 2. The first kappa shape index (κ1) is 17.5. The van der Waals surface area contributed by atoms with Gasteiger partial charge in [0.2, 0.25) is 0 Å². The van der Waals surface area contributed by atoms with E-state index in [1.165, 1.54) is 15.9 Å². The Labute approximate surface area is 147 Å². The molecular weight excluding hydrogens is 311 g/mol. The second-order valence-corrected chi connectivity index (χ2v) is 9.90. The van der Waals surface area contributed by atoms with Crippen LogP contribution in [0.15, 0.2) is 54.6 Å². The van der Waals surface area contributed by atoms with E-state index in [0.29, 0.717) is 0 Å². The van der Waals surface area contributed by atoms with Gasteiger partial charge in [0, 0.05) is 6.32 Å². The van der Waals surface area contributed by atoms with Crippen LogP contribution in [0.1, 0.15) is 33.3 Å². The first-order valence-corrected chi connectivity index (χ1v) is 10.6. The summed E-state index contributed by atoms with van der Waals surface area (Å²) in [4.78, 5) is 0. The van der Waals surface area contributed by atoms with Crippen LogP contribution in [0, 0.1) is 0 Å². The fourth-order valence-corrected chi connectivity index (χ4v) is 5.15. The maximum atomic E-state index is 6.20. The molecule has 2 aromatic carbocycles. The van der Waals surface area contributed by atoms with Crippen molar-refractivity contribution in [1.82, 2.24) is 0 Å². The summed E-state index contributed by atoms with van der Waals surface area (Å²) in [5, 5.41) is 2.88. The highest BCUT2D eigenvalue weighted by molar-refractivity contribution is 6.84. The molecule has 0 atom stereocenters. The standard InChI is InChI=1S/C20H26BO2Si/c1-19(2)20(3,4)23-21(22-19)15-16-11-9-10-14-18(16)24(5)17-12-7-6-8-13-17/h6-14H,15H2,1-5H3. The number of hydrogen-bond donors (Lipinski definition) is 0. The molecule has 1 radical (unpaired) electrons. The monoisotopic (exact) mass is 337 g/mol. The van der Waals surface area contributed by atoms with Crippen LogP contribution in [0.4, 0.5) is 0 Å². The first-order chi connectivity index (χ1) is 11.3. The van der Waals surface area contributed by atoms with E-state index in [1.807, 2.05) is 0 Å². The van der Waals surface area contributed by atoms with E-state index in [0.717, 1.165) is 6.32 Å². The molecule has 2 aromatic rings. The maximum Gasteiger partial charge on any atom is 0.462 e. The highest BCUT2D eigenvalue weighted by Gasteiger charge is 2.50. The van der Waals surface area contributed by atoms with Gasteiger partial charge in [0.05, 0.1) is 11.2 Å². The first-order valence-electron chi connectivity index (χ1n) is 8.63. The SMILES string of the molecule is C[Si](c1ccccc1)c1ccccc1CB1OC(C)(C)C(C)(C)O1. The summed E-state index contributed by atoms with van der Waals surface area (Å²) in [5.74, 6) is 0. The van der Waals surface area contributed by atoms with Crippen molar-refractivity contribution in [2.45, 2.75) is 51.8 Å². The van der Waals surface area contributed by atoms with Crippen LogP contribution >= 0.6 is 0 Å². The van der Waals surface area contributed by atoms with Crippen molar-refractivity contribution in [3.8, 4) is 0 Å². The molecule has 1 aliphatic heterocycles. The normalized spacial score (nSPS) is 19.0. The Morgan fingerprint density at radius 2 is 1.38 bits per heavy atom. The summed E-state index contributed by atoms with van der Waals surface area (Å²) in [6.07, 6.45) is 0.803. The largest absolute Gasteiger partial charge is 0.462 e. The molecule has 0 aliphatic carbocycles. The van der Waals surface area contributed by atoms with E-state index in [2.05, 4.69) is 88.8 Å². The zero-order valence-electron chi connectivity index (χ0n) is 15.3. The van der Waals surface area contributed by atoms with E-state index in [1.54, 1.807) is 0 Å². The number of rotatable bonds is 4. The zero-order chi connectivity index (χ0) is 17.4. The smallest absolute Gasteiger partial charge is 0.403 e. The van der Waals surface area contributed by atoms with Gasteiger partial charge >= 0.3 is 7.12 Å². The lowest BCUT2D eigenvalue weighted by Crippen LogP contribution is -2.42. The molecule has 125 valence electrons. The Kier molecular flexibility index (Phi) is 4.74. The van der Waals surface area contributed by atoms with Gasteiger partial charge in [-0.15, -0.1) is 0 Å². The third-order valence-corrected chi connectivity index (χ3v) is 7.81. The maximum absolute atomic E-state index is 6.20. The second kappa shape index (κ2) is 6.51. The molecule has 4 heteroatoms. The van der Waals surface area contributed by atoms with E-state index < -0.39 is 8.80 Å². The molecule has 0 spiro atoms. The lowest BCUT2D eigenvalue weighted by atomic mass is 9.81. The number of hydrogen-bond acceptors (Lipinski definition) is 2. The molecule has 0 saturated carbocycles. The minimum Gasteiger partial charge on any atom is -0.403 e. The fraction of sp³-hybridized carbons (Fsp3) is 0.400. The van der Waals surface area contributed by atoms with Crippen LogP contribution < -0.4 is 10.4 Å². The van der Waals surface area contributed by atoms with Crippen molar-refractivity contribution in [1.29, 1.82) is 0 Å². The average molecular weight is 337 g/mol. The molecule has 1 saturated heterocycles. The Bertz CT molecular complexity index is 684. The second-order valence-electron chi connectivity index (χ2n) is 7.54. The molecule has 0 aromatic heterocycles. The van der Waals surface area contributed by atoms with Gasteiger partial charge in [-0.25, -0.2) is 0 Å². The summed E-state index contributed by atoms with van der Waals surface area (Å²) in [6, 6.07) is 19.5. The quantitative estimate of drug-likeness (QED) is 0.798. The Balaban J connectivity index is 1.83. The molecule has 1 heterocycles. The molecule has 0 N–H and O–H groups in total. The lowest BCUT2D eigenvalue weighted by Gasteiger charge is -2.32. The Hall–Kier alpha value is -1.36. The van der Waals surface area contributed by atoms with Gasteiger partial charge in [-0.2, -0.15) is 0 Å². The van der Waals surface area contributed by atoms with Crippen molar-refractivity contribution < 1.29 is 9.31 Å². The van der Waals surface area contributed by atoms with Crippen LogP contribution in [-0.2, 0) is 15.6 Å². The van der Waals surface area contributed by atoms with E-state index in [-0.39, 0.29) is 18.3 Å². The zero-order valence-corrected chi connectivity index (χ0v) is 16.3. The molecule has 1 aliphatic rings. The highest BCUT2D eigenvalue weighted by Crippen LogP contribution is 2.37. The average Bonchev–Trinajstić information content (AvgIpc) is 2.75. The van der Waals surface area contributed by atoms with Crippen LogP contribution in [0.25, 0.3) is 0 Å². The summed E-state index contributed by atoms with van der Waals surface area (Å²) in [7, 11) is -0.962. The van der Waals surface area contributed by atoms with Crippen molar-refractivity contribution in [2.75, 3.05) is 0 Å². The molecule has 0 unspecified atom stereocenters. The van der Waals surface area contributed by atoms with Crippen LogP contribution in [0.2, 0.25) is 6.55 Å². The van der Waals surface area contributed by atoms with Gasteiger partial charge in [0.25, 0.3) is 0 Å². The lowest BCUT2D eigenvalue weighted by molar-refractivity contribution is 0.00578. The molecule has 2 nitrogen and oxygen atoms in total. The highest BCUT2D eigenvalue weighted by atomic mass is 28.3. The molecule has 3 rings (SSSR count). The predicted octanol–water partition coefficient (Wildman–Crippen LogP) is 3.10. The van der Waals surface area contributed by atoms with Crippen molar-refractivity contribution in [3.05, 3.63) is 60.2 Å². The predicted molar refractivity (Wildman–Crippen MR) is 104 cm³/mol. The van der Waals surface area contributed by atoms with Gasteiger partial charge in [-0.1, -0.05) is 77.1 Å². The molecule has 24 heavy (non-hydrogen) atoms. The van der Waals surface area contributed by atoms with Crippen LogP contribution in [-0.4, -0.2) is 27.1 Å².